The SMILES string of the molecule is CC1(CN2CCC(n3cc4cc(NC(=O)c5cnn6cccnc56)c(OCC5CC5)cc4n3)CC2)CN(c2cc3c(cc2F)C(O)N(C2CCC(=O)NC2=O)C3=O)C1. The van der Waals surface area contributed by atoms with Crippen molar-refractivity contribution in [3.05, 3.63) is 77.6 Å². The number of ether oxygens (including phenoxy) is 1. The Labute approximate surface area is 331 Å². The number of benzene rings is 2. The smallest absolute Gasteiger partial charge is 0.261 e. The molecule has 10 rings (SSSR count). The number of nitrogens with one attached hydrogen (secondary N) is 2. The van der Waals surface area contributed by atoms with E-state index in [1.165, 1.54) is 18.3 Å². The second kappa shape index (κ2) is 13.9. The molecule has 4 fully saturated rings. The topological polar surface area (TPSA) is 180 Å². The lowest BCUT2D eigenvalue weighted by molar-refractivity contribution is -0.139. The third kappa shape index (κ3) is 6.51. The number of halogens is 1. The molecule has 3 aromatic heterocycles. The van der Waals surface area contributed by atoms with Crippen molar-refractivity contribution in [2.45, 2.75) is 63.8 Å². The van der Waals surface area contributed by atoms with E-state index in [4.69, 9.17) is 9.84 Å². The number of likely N-dealkylation sites (tertiary alicyclic amines) is 1. The summed E-state index contributed by atoms with van der Waals surface area (Å²) in [5.41, 5.74) is 2.69. The highest BCUT2D eigenvalue weighted by Crippen LogP contribution is 2.43. The number of hydrogen-bond donors (Lipinski definition) is 3. The number of carbonyl (C=O) groups is 4. The van der Waals surface area contributed by atoms with Gasteiger partial charge in [0.15, 0.2) is 11.9 Å². The number of hydrogen-bond acceptors (Lipinski definition) is 11. The third-order valence-electron chi connectivity index (χ3n) is 12.3. The summed E-state index contributed by atoms with van der Waals surface area (Å²) in [7, 11) is 0. The Bertz CT molecular complexity index is 2500. The normalized spacial score (nSPS) is 22.4. The molecule has 2 atom stereocenters. The second-order valence-electron chi connectivity index (χ2n) is 16.8. The monoisotopic (exact) mass is 790 g/mol. The van der Waals surface area contributed by atoms with Crippen molar-refractivity contribution in [3.63, 3.8) is 0 Å². The molecule has 3 N–H and O–H groups in total. The van der Waals surface area contributed by atoms with E-state index >= 15 is 4.39 Å². The highest BCUT2D eigenvalue weighted by molar-refractivity contribution is 6.09. The standard InChI is InChI=1S/C41H43FN10O6/c1-41(21-49(22-41)33-15-27-26(14-29(33)42)39(56)52(40(27)57)32-5-6-35(53)46-38(32)55)20-48-11-7-25(8-12-48)51-18-24-13-31(34(16-30(24)47-51)58-19-23-3-4-23)45-37(54)28-17-44-50-10-2-9-43-36(28)50/h2,9-10,13-18,23,25,32,39,56H,3-8,11-12,19-22H2,1H3,(H,45,54)(H,46,53,55). The summed E-state index contributed by atoms with van der Waals surface area (Å²) in [6.45, 7) is 6.54. The Balaban J connectivity index is 0.778. The number of aliphatic hydroxyl groups excluding tert-OH is 1. The van der Waals surface area contributed by atoms with Gasteiger partial charge in [0.05, 0.1) is 35.7 Å². The number of amides is 4. The van der Waals surface area contributed by atoms with E-state index < -0.39 is 35.8 Å². The van der Waals surface area contributed by atoms with E-state index in [0.717, 1.165) is 61.1 Å². The number of rotatable bonds is 10. The number of carbonyl (C=O) groups excluding carboxylic acids is 4. The predicted octanol–water partition coefficient (Wildman–Crippen LogP) is 3.67. The van der Waals surface area contributed by atoms with Crippen LogP contribution in [0.25, 0.3) is 16.6 Å². The lowest BCUT2D eigenvalue weighted by atomic mass is 9.80. The molecule has 2 aromatic carbocycles. The van der Waals surface area contributed by atoms with Gasteiger partial charge in [-0.05, 0) is 62.3 Å². The zero-order valence-corrected chi connectivity index (χ0v) is 31.9. The Morgan fingerprint density at radius 2 is 1.90 bits per heavy atom. The summed E-state index contributed by atoms with van der Waals surface area (Å²) in [6, 6.07) is 7.46. The molecule has 4 amide bonds. The van der Waals surface area contributed by atoms with Crippen LogP contribution in [0.1, 0.15) is 84.0 Å². The first kappa shape index (κ1) is 36.4. The van der Waals surface area contributed by atoms with Gasteiger partial charge in [-0.2, -0.15) is 10.2 Å². The van der Waals surface area contributed by atoms with Gasteiger partial charge >= 0.3 is 0 Å². The quantitative estimate of drug-likeness (QED) is 0.176. The second-order valence-corrected chi connectivity index (χ2v) is 16.8. The Kier molecular flexibility index (Phi) is 8.70. The maximum absolute atomic E-state index is 15.5. The van der Waals surface area contributed by atoms with Crippen LogP contribution in [-0.2, 0) is 9.59 Å². The van der Waals surface area contributed by atoms with Crippen LogP contribution in [0.2, 0.25) is 0 Å². The van der Waals surface area contributed by atoms with E-state index in [-0.39, 0.29) is 41.3 Å². The van der Waals surface area contributed by atoms with Crippen molar-refractivity contribution in [1.82, 2.24) is 39.5 Å². The van der Waals surface area contributed by atoms with Gasteiger partial charge in [-0.1, -0.05) is 6.92 Å². The van der Waals surface area contributed by atoms with Crippen LogP contribution < -0.4 is 20.3 Å². The number of piperidine rings is 2. The van der Waals surface area contributed by atoms with Gasteiger partial charge in [0.25, 0.3) is 11.8 Å². The molecule has 5 aliphatic rings. The minimum atomic E-state index is -1.47. The van der Waals surface area contributed by atoms with Crippen molar-refractivity contribution < 1.29 is 33.4 Å². The van der Waals surface area contributed by atoms with Crippen molar-refractivity contribution in [2.24, 2.45) is 11.3 Å². The maximum Gasteiger partial charge on any atom is 0.261 e. The third-order valence-corrected chi connectivity index (χ3v) is 12.3. The largest absolute Gasteiger partial charge is 0.491 e. The van der Waals surface area contributed by atoms with E-state index in [2.05, 4.69) is 32.5 Å². The van der Waals surface area contributed by atoms with Gasteiger partial charge in [-0.25, -0.2) is 13.9 Å². The summed E-state index contributed by atoms with van der Waals surface area (Å²) in [4.78, 5) is 60.7. The molecule has 1 saturated carbocycles. The average molecular weight is 791 g/mol. The first-order chi connectivity index (χ1) is 28.0. The molecule has 16 nitrogen and oxygen atoms in total. The fourth-order valence-corrected chi connectivity index (χ4v) is 9.05. The van der Waals surface area contributed by atoms with Crippen molar-refractivity contribution >= 4 is 51.6 Å². The van der Waals surface area contributed by atoms with Gasteiger partial charge in [0.2, 0.25) is 11.8 Å². The Hall–Kier alpha value is -5.94. The molecule has 300 valence electrons. The van der Waals surface area contributed by atoms with E-state index in [0.29, 0.717) is 53.9 Å². The molecule has 7 heterocycles. The average Bonchev–Trinajstić information content (AvgIpc) is 3.69. The Morgan fingerprint density at radius 1 is 1.09 bits per heavy atom. The maximum atomic E-state index is 15.5. The van der Waals surface area contributed by atoms with Crippen LogP contribution in [0.4, 0.5) is 15.8 Å². The molecule has 0 radical (unpaired) electrons. The van der Waals surface area contributed by atoms with E-state index in [1.54, 1.807) is 23.0 Å². The van der Waals surface area contributed by atoms with Gasteiger partial charge in [0, 0.05) is 85.7 Å². The van der Waals surface area contributed by atoms with Gasteiger partial charge < -0.3 is 25.0 Å². The first-order valence-electron chi connectivity index (χ1n) is 19.9. The molecule has 4 aliphatic heterocycles. The van der Waals surface area contributed by atoms with Crippen LogP contribution in [0.15, 0.2) is 55.1 Å². The van der Waals surface area contributed by atoms with Crippen molar-refractivity contribution in [2.75, 3.05) is 49.5 Å². The molecule has 58 heavy (non-hydrogen) atoms. The molecule has 0 bridgehead atoms. The van der Waals surface area contributed by atoms with Gasteiger partial charge in [-0.3, -0.25) is 34.1 Å². The van der Waals surface area contributed by atoms with E-state index in [9.17, 15) is 24.3 Å². The molecular formula is C41H43FN10O6. The highest BCUT2D eigenvalue weighted by Gasteiger charge is 2.47. The first-order valence-corrected chi connectivity index (χ1v) is 19.9. The predicted molar refractivity (Wildman–Crippen MR) is 208 cm³/mol. The fourth-order valence-electron chi connectivity index (χ4n) is 9.05. The molecule has 5 aromatic rings. The summed E-state index contributed by atoms with van der Waals surface area (Å²) < 4.78 is 25.4. The molecule has 3 saturated heterocycles. The number of anilines is 2. The van der Waals surface area contributed by atoms with Crippen LogP contribution in [0.3, 0.4) is 0 Å². The highest BCUT2D eigenvalue weighted by atomic mass is 19.1. The zero-order chi connectivity index (χ0) is 39.9. The molecule has 0 spiro atoms. The number of fused-ring (bicyclic) bond motifs is 3. The summed E-state index contributed by atoms with van der Waals surface area (Å²) in [5, 5.41) is 26.3. The number of aliphatic hydroxyl groups is 1. The zero-order valence-electron chi connectivity index (χ0n) is 31.9. The van der Waals surface area contributed by atoms with Crippen LogP contribution in [-0.4, -0.2) is 108 Å². The minimum absolute atomic E-state index is 0.0538. The van der Waals surface area contributed by atoms with Crippen LogP contribution in [0.5, 0.6) is 5.75 Å². The molecule has 17 heteroatoms. The molecule has 2 unspecified atom stereocenters. The number of nitrogens with zero attached hydrogens (tertiary/aromatic N) is 8. The summed E-state index contributed by atoms with van der Waals surface area (Å²) in [5.74, 6) is -1.37. The van der Waals surface area contributed by atoms with Gasteiger partial charge in [-0.15, -0.1) is 0 Å². The Morgan fingerprint density at radius 3 is 2.67 bits per heavy atom. The van der Waals surface area contributed by atoms with Crippen molar-refractivity contribution in [3.8, 4) is 5.75 Å². The summed E-state index contributed by atoms with van der Waals surface area (Å²) >= 11 is 0. The summed E-state index contributed by atoms with van der Waals surface area (Å²) in [6.07, 6.45) is 9.68. The van der Waals surface area contributed by atoms with Crippen molar-refractivity contribution in [1.29, 1.82) is 0 Å². The number of imide groups is 1. The van der Waals surface area contributed by atoms with Crippen LogP contribution >= 0.6 is 0 Å². The minimum Gasteiger partial charge on any atom is -0.491 e. The molecule has 1 aliphatic carbocycles. The fraction of sp³-hybridized carbons (Fsp3) is 0.439. The lowest BCUT2D eigenvalue weighted by Crippen LogP contribution is -2.60. The van der Waals surface area contributed by atoms with Gasteiger partial charge in [0.1, 0.15) is 23.2 Å². The number of aromatic nitrogens is 5. The van der Waals surface area contributed by atoms with Crippen LogP contribution in [0, 0.1) is 17.2 Å². The van der Waals surface area contributed by atoms with E-state index in [1.807, 2.05) is 27.9 Å². The lowest BCUT2D eigenvalue weighted by Gasteiger charge is -2.52. The molecular weight excluding hydrogens is 748 g/mol.